The molecule has 74 valence electrons. The minimum atomic E-state index is 0.372. The van der Waals surface area contributed by atoms with Crippen LogP contribution >= 0.6 is 0 Å². The van der Waals surface area contributed by atoms with Crippen LogP contribution in [0.1, 0.15) is 40.5 Å². The summed E-state index contributed by atoms with van der Waals surface area (Å²) in [5.41, 5.74) is 0.519. The first-order chi connectivity index (χ1) is 5.94. The highest BCUT2D eigenvalue weighted by atomic mass is 16.1. The van der Waals surface area contributed by atoms with Gasteiger partial charge in [0.15, 0.2) is 0 Å². The van der Waals surface area contributed by atoms with Gasteiger partial charge in [-0.2, -0.15) is 0 Å². The fourth-order valence-corrected chi connectivity index (χ4v) is 3.69. The lowest BCUT2D eigenvalue weighted by Crippen LogP contribution is -2.56. The molecular formula is C12H20O. The smallest absolute Gasteiger partial charge is 0.133 e. The van der Waals surface area contributed by atoms with Crippen LogP contribution in [0, 0.1) is 29.1 Å². The molecule has 3 aliphatic carbocycles. The van der Waals surface area contributed by atoms with Gasteiger partial charge in [0.2, 0.25) is 0 Å². The third-order valence-corrected chi connectivity index (χ3v) is 4.88. The molecule has 4 atom stereocenters. The first kappa shape index (κ1) is 9.23. The number of fused-ring (bicyclic) bond motifs is 2. The summed E-state index contributed by atoms with van der Waals surface area (Å²) < 4.78 is 0. The minimum absolute atomic E-state index is 0.372. The molecule has 3 saturated carbocycles. The summed E-state index contributed by atoms with van der Waals surface area (Å²) in [6.07, 6.45) is 2.53. The number of Topliss-reactive ketones (excluding diaryl/α,β-unsaturated/α-hetero) is 1. The maximum Gasteiger partial charge on any atom is 0.133 e. The lowest BCUT2D eigenvalue weighted by Gasteiger charge is -2.61. The van der Waals surface area contributed by atoms with Gasteiger partial charge in [-0.3, -0.25) is 4.79 Å². The maximum atomic E-state index is 11.4. The zero-order chi connectivity index (χ0) is 9.80. The van der Waals surface area contributed by atoms with E-state index in [1.54, 1.807) is 6.92 Å². The van der Waals surface area contributed by atoms with Gasteiger partial charge < -0.3 is 0 Å². The van der Waals surface area contributed by atoms with Crippen LogP contribution in [0.5, 0.6) is 0 Å². The van der Waals surface area contributed by atoms with Crippen molar-refractivity contribution in [1.29, 1.82) is 0 Å². The Morgan fingerprint density at radius 3 is 2.31 bits per heavy atom. The van der Waals surface area contributed by atoms with Gasteiger partial charge in [-0.25, -0.2) is 0 Å². The Kier molecular flexibility index (Phi) is 1.84. The van der Waals surface area contributed by atoms with Gasteiger partial charge in [-0.05, 0) is 42.9 Å². The van der Waals surface area contributed by atoms with Gasteiger partial charge >= 0.3 is 0 Å². The average molecular weight is 180 g/mol. The van der Waals surface area contributed by atoms with E-state index in [0.717, 1.165) is 18.3 Å². The van der Waals surface area contributed by atoms with E-state index in [9.17, 15) is 4.79 Å². The van der Waals surface area contributed by atoms with Crippen molar-refractivity contribution < 1.29 is 4.79 Å². The monoisotopic (exact) mass is 180 g/mol. The summed E-state index contributed by atoms with van der Waals surface area (Å²) in [6, 6.07) is 0. The lowest BCUT2D eigenvalue weighted by atomic mass is 9.43. The molecule has 13 heavy (non-hydrogen) atoms. The first-order valence-corrected chi connectivity index (χ1v) is 5.45. The predicted molar refractivity (Wildman–Crippen MR) is 53.3 cm³/mol. The van der Waals surface area contributed by atoms with Crippen LogP contribution in [0.25, 0.3) is 0 Å². The van der Waals surface area contributed by atoms with Crippen LogP contribution in [0.3, 0.4) is 0 Å². The van der Waals surface area contributed by atoms with Gasteiger partial charge in [0.1, 0.15) is 5.78 Å². The third kappa shape index (κ3) is 1.09. The molecule has 2 bridgehead atoms. The molecule has 1 heteroatoms. The zero-order valence-electron chi connectivity index (χ0n) is 9.13. The highest BCUT2D eigenvalue weighted by Crippen LogP contribution is 2.62. The minimum Gasteiger partial charge on any atom is -0.300 e. The topological polar surface area (TPSA) is 17.1 Å². The SMILES string of the molecule is CC(=O)[C@@H]1C[C@@H]2C[C@H]([C@H]1C)C2(C)C. The molecule has 0 saturated heterocycles. The normalized spacial score (nSPS) is 46.8. The Labute approximate surface area is 80.9 Å². The molecule has 0 unspecified atom stereocenters. The van der Waals surface area contributed by atoms with E-state index in [-0.39, 0.29) is 0 Å². The molecular weight excluding hydrogens is 160 g/mol. The van der Waals surface area contributed by atoms with Crippen LogP contribution in [0.2, 0.25) is 0 Å². The van der Waals surface area contributed by atoms with Gasteiger partial charge in [0, 0.05) is 5.92 Å². The Morgan fingerprint density at radius 2 is 1.92 bits per heavy atom. The first-order valence-electron chi connectivity index (χ1n) is 5.45. The van der Waals surface area contributed by atoms with Crippen molar-refractivity contribution in [1.82, 2.24) is 0 Å². The quantitative estimate of drug-likeness (QED) is 0.606. The Morgan fingerprint density at radius 1 is 1.31 bits per heavy atom. The Balaban J connectivity index is 2.16. The van der Waals surface area contributed by atoms with Gasteiger partial charge in [0.25, 0.3) is 0 Å². The van der Waals surface area contributed by atoms with Crippen molar-refractivity contribution in [2.24, 2.45) is 29.1 Å². The number of hydrogen-bond acceptors (Lipinski definition) is 1. The molecule has 0 aromatic heterocycles. The van der Waals surface area contributed by atoms with E-state index in [1.165, 1.54) is 6.42 Å². The molecule has 3 aliphatic rings. The fraction of sp³-hybridized carbons (Fsp3) is 0.917. The molecule has 0 N–H and O–H groups in total. The van der Waals surface area contributed by atoms with E-state index in [1.807, 2.05) is 0 Å². The van der Waals surface area contributed by atoms with Gasteiger partial charge in [-0.15, -0.1) is 0 Å². The van der Waals surface area contributed by atoms with Crippen molar-refractivity contribution in [3.8, 4) is 0 Å². The number of rotatable bonds is 1. The van der Waals surface area contributed by atoms with Crippen molar-refractivity contribution in [2.75, 3.05) is 0 Å². The Hall–Kier alpha value is -0.330. The van der Waals surface area contributed by atoms with Gasteiger partial charge in [0.05, 0.1) is 0 Å². The Bertz CT molecular complexity index is 242. The molecule has 1 nitrogen and oxygen atoms in total. The number of carbonyl (C=O) groups is 1. The molecule has 0 radical (unpaired) electrons. The highest BCUT2D eigenvalue weighted by Gasteiger charge is 2.56. The average Bonchev–Trinajstić information content (AvgIpc) is 2.02. The molecule has 0 amide bonds. The molecule has 0 heterocycles. The largest absolute Gasteiger partial charge is 0.300 e. The van der Waals surface area contributed by atoms with Crippen LogP contribution in [-0.4, -0.2) is 5.78 Å². The van der Waals surface area contributed by atoms with Crippen molar-refractivity contribution in [3.63, 3.8) is 0 Å². The van der Waals surface area contributed by atoms with E-state index < -0.39 is 0 Å². The molecule has 0 aromatic rings. The molecule has 0 aliphatic heterocycles. The van der Waals surface area contributed by atoms with E-state index >= 15 is 0 Å². The maximum absolute atomic E-state index is 11.4. The second-order valence-corrected chi connectivity index (χ2v) is 5.67. The second kappa shape index (κ2) is 2.59. The zero-order valence-corrected chi connectivity index (χ0v) is 9.13. The van der Waals surface area contributed by atoms with E-state index in [2.05, 4.69) is 20.8 Å². The second-order valence-electron chi connectivity index (χ2n) is 5.67. The molecule has 0 spiro atoms. The summed E-state index contributed by atoms with van der Waals surface area (Å²) >= 11 is 0. The van der Waals surface area contributed by atoms with Crippen LogP contribution in [0.15, 0.2) is 0 Å². The number of hydrogen-bond donors (Lipinski definition) is 0. The summed E-state index contributed by atoms with van der Waals surface area (Å²) in [4.78, 5) is 11.4. The van der Waals surface area contributed by atoms with Crippen molar-refractivity contribution in [2.45, 2.75) is 40.5 Å². The highest BCUT2D eigenvalue weighted by molar-refractivity contribution is 5.79. The fourth-order valence-electron chi connectivity index (χ4n) is 3.69. The third-order valence-electron chi connectivity index (χ3n) is 4.88. The standard InChI is InChI=1S/C12H20O/c1-7-10(8(2)13)5-9-6-11(7)12(9,3)4/h7,9-11H,5-6H2,1-4H3/t7-,9+,10+,11+/m0/s1. The molecule has 3 fully saturated rings. The number of ketones is 1. The summed E-state index contributed by atoms with van der Waals surface area (Å²) in [7, 11) is 0. The van der Waals surface area contributed by atoms with E-state index in [0.29, 0.717) is 23.0 Å². The van der Waals surface area contributed by atoms with Gasteiger partial charge in [-0.1, -0.05) is 20.8 Å². The van der Waals surface area contributed by atoms with Crippen LogP contribution < -0.4 is 0 Å². The van der Waals surface area contributed by atoms with Crippen LogP contribution in [0.4, 0.5) is 0 Å². The van der Waals surface area contributed by atoms with Crippen LogP contribution in [-0.2, 0) is 4.79 Å². The number of carbonyl (C=O) groups excluding carboxylic acids is 1. The molecule has 3 rings (SSSR count). The molecule has 0 aromatic carbocycles. The van der Waals surface area contributed by atoms with Crippen molar-refractivity contribution in [3.05, 3.63) is 0 Å². The predicted octanol–water partition coefficient (Wildman–Crippen LogP) is 2.89. The lowest BCUT2D eigenvalue weighted by molar-refractivity contribution is -0.150. The summed E-state index contributed by atoms with van der Waals surface area (Å²) in [6.45, 7) is 8.78. The summed E-state index contributed by atoms with van der Waals surface area (Å²) in [5, 5.41) is 0. The van der Waals surface area contributed by atoms with Crippen molar-refractivity contribution >= 4 is 5.78 Å². The summed E-state index contributed by atoms with van der Waals surface area (Å²) in [5.74, 6) is 3.04. The van der Waals surface area contributed by atoms with E-state index in [4.69, 9.17) is 0 Å².